The highest BCUT2D eigenvalue weighted by atomic mass is 35.5. The summed E-state index contributed by atoms with van der Waals surface area (Å²) in [5.41, 5.74) is 12.5. The van der Waals surface area contributed by atoms with E-state index in [9.17, 15) is 9.18 Å². The van der Waals surface area contributed by atoms with Crippen LogP contribution >= 0.6 is 23.2 Å². The largest absolute Gasteiger partial charge is 0.399 e. The lowest BCUT2D eigenvalue weighted by molar-refractivity contribution is 0.102. The number of benzene rings is 2. The highest BCUT2D eigenvalue weighted by Gasteiger charge is 2.13. The molecular weight excluding hydrogens is 304 g/mol. The summed E-state index contributed by atoms with van der Waals surface area (Å²) in [7, 11) is 0. The lowest BCUT2D eigenvalue weighted by Crippen LogP contribution is -2.14. The summed E-state index contributed by atoms with van der Waals surface area (Å²) < 4.78 is 13.3. The van der Waals surface area contributed by atoms with Gasteiger partial charge in [-0.1, -0.05) is 23.2 Å². The minimum Gasteiger partial charge on any atom is -0.399 e. The Balaban J connectivity index is 2.28. The van der Waals surface area contributed by atoms with E-state index in [0.717, 1.165) is 0 Å². The standard InChI is InChI=1S/C13H10Cl2FN3O/c14-9-4-7(5-10(15)12(9)16)19-13(20)8-2-1-6(17)3-11(8)18/h1-5H,17-18H2,(H,19,20). The van der Waals surface area contributed by atoms with Gasteiger partial charge in [0.1, 0.15) is 0 Å². The number of amides is 1. The van der Waals surface area contributed by atoms with Crippen LogP contribution in [0.1, 0.15) is 10.4 Å². The van der Waals surface area contributed by atoms with Crippen molar-refractivity contribution in [1.82, 2.24) is 0 Å². The van der Waals surface area contributed by atoms with E-state index in [0.29, 0.717) is 5.69 Å². The molecule has 0 unspecified atom stereocenters. The Morgan fingerprint density at radius 1 is 1.10 bits per heavy atom. The van der Waals surface area contributed by atoms with E-state index in [1.165, 1.54) is 24.3 Å². The molecule has 2 rings (SSSR count). The van der Waals surface area contributed by atoms with Gasteiger partial charge in [-0.3, -0.25) is 4.79 Å². The molecule has 0 fully saturated rings. The molecule has 0 aliphatic carbocycles. The van der Waals surface area contributed by atoms with Crippen LogP contribution in [0.3, 0.4) is 0 Å². The van der Waals surface area contributed by atoms with E-state index in [2.05, 4.69) is 5.32 Å². The topological polar surface area (TPSA) is 81.1 Å². The average Bonchev–Trinajstić information content (AvgIpc) is 2.35. The Morgan fingerprint density at radius 3 is 2.25 bits per heavy atom. The van der Waals surface area contributed by atoms with Crippen LogP contribution in [-0.2, 0) is 0 Å². The second-order valence-electron chi connectivity index (χ2n) is 4.05. The first kappa shape index (κ1) is 14.4. The smallest absolute Gasteiger partial charge is 0.257 e. The molecule has 0 aromatic heterocycles. The second kappa shape index (κ2) is 5.56. The number of hydrogen-bond donors (Lipinski definition) is 3. The predicted octanol–water partition coefficient (Wildman–Crippen LogP) is 3.55. The van der Waals surface area contributed by atoms with Crippen LogP contribution in [0, 0.1) is 5.82 Å². The van der Waals surface area contributed by atoms with Crippen LogP contribution in [0.25, 0.3) is 0 Å². The van der Waals surface area contributed by atoms with Crippen molar-refractivity contribution in [3.8, 4) is 0 Å². The average molecular weight is 314 g/mol. The van der Waals surface area contributed by atoms with Crippen LogP contribution in [0.15, 0.2) is 30.3 Å². The molecule has 7 heteroatoms. The second-order valence-corrected chi connectivity index (χ2v) is 4.87. The molecular formula is C13H10Cl2FN3O. The van der Waals surface area contributed by atoms with Gasteiger partial charge in [-0.05, 0) is 30.3 Å². The van der Waals surface area contributed by atoms with Gasteiger partial charge in [0.15, 0.2) is 5.82 Å². The summed E-state index contributed by atoms with van der Waals surface area (Å²) in [4.78, 5) is 12.0. The number of hydrogen-bond acceptors (Lipinski definition) is 3. The van der Waals surface area contributed by atoms with Gasteiger partial charge in [0, 0.05) is 17.1 Å². The number of nitrogens with two attached hydrogens (primary N) is 2. The van der Waals surface area contributed by atoms with E-state index in [1.54, 1.807) is 6.07 Å². The fourth-order valence-corrected chi connectivity index (χ4v) is 2.10. The normalized spacial score (nSPS) is 10.3. The zero-order valence-corrected chi connectivity index (χ0v) is 11.6. The third-order valence-electron chi connectivity index (χ3n) is 2.56. The number of anilines is 3. The zero-order chi connectivity index (χ0) is 14.9. The Bertz CT molecular complexity index is 668. The maximum Gasteiger partial charge on any atom is 0.257 e. The van der Waals surface area contributed by atoms with Crippen molar-refractivity contribution < 1.29 is 9.18 Å². The SMILES string of the molecule is Nc1ccc(C(=O)Nc2cc(Cl)c(F)c(Cl)c2)c(N)c1. The van der Waals surface area contributed by atoms with Crippen molar-refractivity contribution in [2.45, 2.75) is 0 Å². The van der Waals surface area contributed by atoms with E-state index >= 15 is 0 Å². The summed E-state index contributed by atoms with van der Waals surface area (Å²) in [6.07, 6.45) is 0. The monoisotopic (exact) mass is 313 g/mol. The van der Waals surface area contributed by atoms with Crippen LogP contribution in [0.2, 0.25) is 10.0 Å². The maximum atomic E-state index is 13.3. The molecule has 0 saturated heterocycles. The molecule has 0 atom stereocenters. The molecule has 104 valence electrons. The molecule has 0 heterocycles. The minimum atomic E-state index is -0.738. The van der Waals surface area contributed by atoms with Gasteiger partial charge in [-0.2, -0.15) is 0 Å². The van der Waals surface area contributed by atoms with Crippen molar-refractivity contribution in [2.24, 2.45) is 0 Å². The molecule has 0 bridgehead atoms. The summed E-state index contributed by atoms with van der Waals surface area (Å²) in [6, 6.07) is 7.03. The number of carbonyl (C=O) groups excluding carboxylic acids is 1. The molecule has 4 nitrogen and oxygen atoms in total. The van der Waals surface area contributed by atoms with Gasteiger partial charge in [0.05, 0.1) is 15.6 Å². The van der Waals surface area contributed by atoms with Crippen LogP contribution < -0.4 is 16.8 Å². The van der Waals surface area contributed by atoms with Gasteiger partial charge < -0.3 is 16.8 Å². The third-order valence-corrected chi connectivity index (χ3v) is 3.11. The maximum absolute atomic E-state index is 13.3. The number of carbonyl (C=O) groups is 1. The Kier molecular flexibility index (Phi) is 4.01. The molecule has 0 radical (unpaired) electrons. The van der Waals surface area contributed by atoms with Crippen molar-refractivity contribution in [2.75, 3.05) is 16.8 Å². The fraction of sp³-hybridized carbons (Fsp3) is 0. The van der Waals surface area contributed by atoms with Gasteiger partial charge >= 0.3 is 0 Å². The van der Waals surface area contributed by atoms with E-state index in [4.69, 9.17) is 34.7 Å². The fourth-order valence-electron chi connectivity index (χ4n) is 1.61. The molecule has 0 aliphatic rings. The lowest BCUT2D eigenvalue weighted by atomic mass is 10.1. The Morgan fingerprint density at radius 2 is 1.70 bits per heavy atom. The molecule has 1 amide bonds. The zero-order valence-electron chi connectivity index (χ0n) is 10.1. The third kappa shape index (κ3) is 2.95. The first-order valence-electron chi connectivity index (χ1n) is 5.49. The molecule has 2 aromatic carbocycles. The van der Waals surface area contributed by atoms with Gasteiger partial charge in [-0.15, -0.1) is 0 Å². The van der Waals surface area contributed by atoms with E-state index < -0.39 is 11.7 Å². The quantitative estimate of drug-likeness (QED) is 0.586. The molecule has 0 aliphatic heterocycles. The summed E-state index contributed by atoms with van der Waals surface area (Å²) in [5, 5.41) is 2.17. The van der Waals surface area contributed by atoms with E-state index in [-0.39, 0.29) is 27.0 Å². The van der Waals surface area contributed by atoms with Crippen LogP contribution in [0.5, 0.6) is 0 Å². The first-order valence-corrected chi connectivity index (χ1v) is 6.25. The molecule has 20 heavy (non-hydrogen) atoms. The number of nitrogen functional groups attached to an aromatic ring is 2. The summed E-state index contributed by atoms with van der Waals surface area (Å²) >= 11 is 11.3. The van der Waals surface area contributed by atoms with E-state index in [1.807, 2.05) is 0 Å². The lowest BCUT2D eigenvalue weighted by Gasteiger charge is -2.09. The predicted molar refractivity (Wildman–Crippen MR) is 79.6 cm³/mol. The summed E-state index contributed by atoms with van der Waals surface area (Å²) in [5.74, 6) is -1.21. The number of halogens is 3. The summed E-state index contributed by atoms with van der Waals surface area (Å²) in [6.45, 7) is 0. The number of rotatable bonds is 2. The first-order chi connectivity index (χ1) is 9.38. The molecule has 0 spiro atoms. The molecule has 0 saturated carbocycles. The van der Waals surface area contributed by atoms with Crippen LogP contribution in [0.4, 0.5) is 21.5 Å². The molecule has 5 N–H and O–H groups in total. The van der Waals surface area contributed by atoms with Crippen molar-refractivity contribution >= 4 is 46.2 Å². The van der Waals surface area contributed by atoms with Gasteiger partial charge in [-0.25, -0.2) is 4.39 Å². The van der Waals surface area contributed by atoms with Crippen molar-refractivity contribution in [3.63, 3.8) is 0 Å². The highest BCUT2D eigenvalue weighted by Crippen LogP contribution is 2.28. The Labute approximate surface area is 124 Å². The Hall–Kier alpha value is -1.98. The van der Waals surface area contributed by atoms with Crippen molar-refractivity contribution in [1.29, 1.82) is 0 Å². The number of nitrogens with one attached hydrogen (secondary N) is 1. The minimum absolute atomic E-state index is 0.182. The van der Waals surface area contributed by atoms with Gasteiger partial charge in [0.25, 0.3) is 5.91 Å². The van der Waals surface area contributed by atoms with Crippen LogP contribution in [-0.4, -0.2) is 5.91 Å². The van der Waals surface area contributed by atoms with Crippen molar-refractivity contribution in [3.05, 3.63) is 51.8 Å². The molecule has 2 aromatic rings. The highest BCUT2D eigenvalue weighted by molar-refractivity contribution is 6.35. The van der Waals surface area contributed by atoms with Gasteiger partial charge in [0.2, 0.25) is 0 Å².